The van der Waals surface area contributed by atoms with E-state index in [2.05, 4.69) is 10.0 Å². The van der Waals surface area contributed by atoms with Crippen LogP contribution in [0.5, 0.6) is 0 Å². The van der Waals surface area contributed by atoms with Crippen LogP contribution in [-0.4, -0.2) is 24.8 Å². The number of benzene rings is 1. The number of ketones is 1. The highest BCUT2D eigenvalue weighted by Gasteiger charge is 2.31. The number of amides is 1. The van der Waals surface area contributed by atoms with Crippen molar-refractivity contribution in [1.82, 2.24) is 0 Å². The van der Waals surface area contributed by atoms with Gasteiger partial charge < -0.3 is 4.90 Å². The molecule has 1 atom stereocenters. The first-order valence-electron chi connectivity index (χ1n) is 6.66. The Morgan fingerprint density at radius 2 is 2.20 bits per heavy atom. The Labute approximate surface area is 116 Å². The number of nitrogens with zero attached hydrogens (tertiary/aromatic N) is 4. The maximum absolute atomic E-state index is 12.0. The number of azide groups is 1. The Morgan fingerprint density at radius 1 is 1.35 bits per heavy atom. The van der Waals surface area contributed by atoms with E-state index in [9.17, 15) is 9.59 Å². The Hall–Kier alpha value is -2.33. The molecular formula is C14H14N4O2. The monoisotopic (exact) mass is 270 g/mol. The fourth-order valence-electron chi connectivity index (χ4n) is 2.92. The van der Waals surface area contributed by atoms with Crippen LogP contribution in [0.1, 0.15) is 28.8 Å². The standard InChI is InChI=1S/C14H14N4O2/c15-17-16-7-9-5-14(20)18(8-9)11-2-3-12-10(6-11)1-4-13(12)19/h2-3,6,9H,1,4-5,7-8H2. The van der Waals surface area contributed by atoms with E-state index < -0.39 is 0 Å². The van der Waals surface area contributed by atoms with Crippen molar-refractivity contribution in [2.45, 2.75) is 19.3 Å². The number of fused-ring (bicyclic) bond motifs is 1. The Kier molecular flexibility index (Phi) is 3.16. The molecule has 1 amide bonds. The molecule has 0 aromatic heterocycles. The number of anilines is 1. The van der Waals surface area contributed by atoms with Gasteiger partial charge >= 0.3 is 0 Å². The van der Waals surface area contributed by atoms with E-state index in [0.29, 0.717) is 25.9 Å². The predicted octanol–water partition coefficient (Wildman–Crippen LogP) is 2.48. The number of carbonyl (C=O) groups excluding carboxylic acids is 2. The zero-order valence-electron chi connectivity index (χ0n) is 11.0. The Bertz CT molecular complexity index is 634. The van der Waals surface area contributed by atoms with Gasteiger partial charge in [0.15, 0.2) is 5.78 Å². The molecule has 2 aliphatic rings. The average Bonchev–Trinajstić information content (AvgIpc) is 3.00. The Balaban J connectivity index is 1.81. The summed E-state index contributed by atoms with van der Waals surface area (Å²) in [6.45, 7) is 0.923. The molecular weight excluding hydrogens is 256 g/mol. The van der Waals surface area contributed by atoms with E-state index in [4.69, 9.17) is 5.53 Å². The topological polar surface area (TPSA) is 86.1 Å². The largest absolute Gasteiger partial charge is 0.312 e. The zero-order valence-corrected chi connectivity index (χ0v) is 11.0. The molecule has 0 radical (unpaired) electrons. The second kappa shape index (κ2) is 4.98. The van der Waals surface area contributed by atoms with Gasteiger partial charge in [-0.1, -0.05) is 5.11 Å². The fourth-order valence-corrected chi connectivity index (χ4v) is 2.92. The maximum atomic E-state index is 12.0. The minimum atomic E-state index is 0.0485. The van der Waals surface area contributed by atoms with E-state index >= 15 is 0 Å². The molecule has 0 bridgehead atoms. The van der Waals surface area contributed by atoms with E-state index in [-0.39, 0.29) is 17.6 Å². The van der Waals surface area contributed by atoms with Crippen molar-refractivity contribution in [1.29, 1.82) is 0 Å². The lowest BCUT2D eigenvalue weighted by atomic mass is 10.1. The van der Waals surface area contributed by atoms with Crippen molar-refractivity contribution in [2.75, 3.05) is 18.0 Å². The van der Waals surface area contributed by atoms with Gasteiger partial charge in [-0.05, 0) is 41.6 Å². The summed E-state index contributed by atoms with van der Waals surface area (Å²) >= 11 is 0. The molecule has 0 N–H and O–H groups in total. The zero-order chi connectivity index (χ0) is 14.1. The van der Waals surface area contributed by atoms with Crippen LogP contribution >= 0.6 is 0 Å². The van der Waals surface area contributed by atoms with E-state index in [1.54, 1.807) is 4.90 Å². The quantitative estimate of drug-likeness (QED) is 0.480. The molecule has 0 saturated carbocycles. The Morgan fingerprint density at radius 3 is 3.00 bits per heavy atom. The van der Waals surface area contributed by atoms with Crippen LogP contribution < -0.4 is 4.90 Å². The van der Waals surface area contributed by atoms with Crippen LogP contribution in [0, 0.1) is 5.92 Å². The molecule has 1 unspecified atom stereocenters. The molecule has 6 heteroatoms. The molecule has 1 fully saturated rings. The van der Waals surface area contributed by atoms with Crippen LogP contribution in [0.4, 0.5) is 5.69 Å². The second-order valence-corrected chi connectivity index (χ2v) is 5.25. The first-order chi connectivity index (χ1) is 9.69. The molecule has 102 valence electrons. The van der Waals surface area contributed by atoms with Crippen LogP contribution in [0.2, 0.25) is 0 Å². The van der Waals surface area contributed by atoms with Gasteiger partial charge in [-0.3, -0.25) is 9.59 Å². The summed E-state index contributed by atoms with van der Waals surface area (Å²) in [4.78, 5) is 28.1. The second-order valence-electron chi connectivity index (χ2n) is 5.25. The summed E-state index contributed by atoms with van der Waals surface area (Å²) in [7, 11) is 0. The van der Waals surface area contributed by atoms with E-state index in [1.165, 1.54) is 0 Å². The van der Waals surface area contributed by atoms with Gasteiger partial charge in [0.2, 0.25) is 5.91 Å². The van der Waals surface area contributed by atoms with Gasteiger partial charge in [0.05, 0.1) is 0 Å². The summed E-state index contributed by atoms with van der Waals surface area (Å²) in [5, 5.41) is 3.54. The lowest BCUT2D eigenvalue weighted by molar-refractivity contribution is -0.117. The minimum absolute atomic E-state index is 0.0485. The van der Waals surface area contributed by atoms with Crippen molar-refractivity contribution in [2.24, 2.45) is 11.0 Å². The smallest absolute Gasteiger partial charge is 0.227 e. The molecule has 1 aromatic carbocycles. The molecule has 1 heterocycles. The lowest BCUT2D eigenvalue weighted by Crippen LogP contribution is -2.24. The number of hydrogen-bond donors (Lipinski definition) is 0. The number of rotatable bonds is 3. The van der Waals surface area contributed by atoms with E-state index in [1.807, 2.05) is 18.2 Å². The van der Waals surface area contributed by atoms with E-state index in [0.717, 1.165) is 23.2 Å². The molecule has 3 rings (SSSR count). The lowest BCUT2D eigenvalue weighted by Gasteiger charge is -2.17. The van der Waals surface area contributed by atoms with Gasteiger partial charge in [0, 0.05) is 42.1 Å². The van der Waals surface area contributed by atoms with Crippen molar-refractivity contribution < 1.29 is 9.59 Å². The normalized spacial score (nSPS) is 21.0. The highest BCUT2D eigenvalue weighted by Crippen LogP contribution is 2.30. The van der Waals surface area contributed by atoms with Gasteiger partial charge in [0.25, 0.3) is 0 Å². The van der Waals surface area contributed by atoms with Gasteiger partial charge in [-0.25, -0.2) is 0 Å². The van der Waals surface area contributed by atoms with Crippen molar-refractivity contribution >= 4 is 17.4 Å². The number of hydrogen-bond acceptors (Lipinski definition) is 3. The highest BCUT2D eigenvalue weighted by molar-refractivity contribution is 6.02. The van der Waals surface area contributed by atoms with Gasteiger partial charge in [0.1, 0.15) is 0 Å². The van der Waals surface area contributed by atoms with Crippen LogP contribution in [0.3, 0.4) is 0 Å². The first-order valence-corrected chi connectivity index (χ1v) is 6.66. The van der Waals surface area contributed by atoms with Crippen LogP contribution in [0.25, 0.3) is 10.4 Å². The van der Waals surface area contributed by atoms with Gasteiger partial charge in [-0.15, -0.1) is 0 Å². The molecule has 1 aliphatic carbocycles. The first kappa shape index (κ1) is 12.7. The summed E-state index contributed by atoms with van der Waals surface area (Å²) in [5.41, 5.74) is 11.0. The third-order valence-corrected chi connectivity index (χ3v) is 3.93. The van der Waals surface area contributed by atoms with Crippen molar-refractivity contribution in [3.05, 3.63) is 39.8 Å². The van der Waals surface area contributed by atoms with Crippen molar-refractivity contribution in [3.8, 4) is 0 Å². The fraction of sp³-hybridized carbons (Fsp3) is 0.429. The molecule has 1 aliphatic heterocycles. The third kappa shape index (κ3) is 2.14. The minimum Gasteiger partial charge on any atom is -0.312 e. The molecule has 0 spiro atoms. The molecule has 1 saturated heterocycles. The van der Waals surface area contributed by atoms with Crippen molar-refractivity contribution in [3.63, 3.8) is 0 Å². The number of Topliss-reactive ketones (excluding diaryl/α,β-unsaturated/α-hetero) is 1. The highest BCUT2D eigenvalue weighted by atomic mass is 16.2. The molecule has 6 nitrogen and oxygen atoms in total. The number of aryl methyl sites for hydroxylation is 1. The summed E-state index contributed by atoms with van der Waals surface area (Å²) in [6, 6.07) is 5.58. The third-order valence-electron chi connectivity index (χ3n) is 3.93. The molecule has 1 aromatic rings. The molecule has 20 heavy (non-hydrogen) atoms. The summed E-state index contributed by atoms with van der Waals surface area (Å²) in [5.74, 6) is 0.307. The number of carbonyl (C=O) groups is 2. The summed E-state index contributed by atoms with van der Waals surface area (Å²) in [6.07, 6.45) is 1.73. The van der Waals surface area contributed by atoms with Crippen LogP contribution in [0.15, 0.2) is 23.3 Å². The SMILES string of the molecule is [N-]=[N+]=NCC1CC(=O)N(c2ccc3c(c2)CCC3=O)C1. The maximum Gasteiger partial charge on any atom is 0.227 e. The summed E-state index contributed by atoms with van der Waals surface area (Å²) < 4.78 is 0. The predicted molar refractivity (Wildman–Crippen MR) is 73.6 cm³/mol. The average molecular weight is 270 g/mol. The van der Waals surface area contributed by atoms with Gasteiger partial charge in [-0.2, -0.15) is 0 Å². The van der Waals surface area contributed by atoms with Crippen LogP contribution in [-0.2, 0) is 11.2 Å².